The molecular formula is C51H30N4OS. The van der Waals surface area contributed by atoms with Crippen molar-refractivity contribution in [2.45, 2.75) is 18.4 Å². The maximum Gasteiger partial charge on any atom is 0.145 e. The van der Waals surface area contributed by atoms with Gasteiger partial charge in [0.15, 0.2) is 0 Å². The van der Waals surface area contributed by atoms with Crippen LogP contribution in [-0.2, 0) is 5.41 Å². The largest absolute Gasteiger partial charge is 0.455 e. The smallest absolute Gasteiger partial charge is 0.145 e. The first-order valence-electron chi connectivity index (χ1n) is 19.1. The number of para-hydroxylation sites is 3. The van der Waals surface area contributed by atoms with Crippen LogP contribution in [0, 0.1) is 22.7 Å². The lowest BCUT2D eigenvalue weighted by Gasteiger charge is -2.38. The van der Waals surface area contributed by atoms with Gasteiger partial charge in [-0.1, -0.05) is 78.9 Å². The number of rotatable bonds is 3. The van der Waals surface area contributed by atoms with Gasteiger partial charge in [-0.2, -0.15) is 10.5 Å². The first kappa shape index (κ1) is 31.9. The summed E-state index contributed by atoms with van der Waals surface area (Å²) in [7, 11) is 0. The summed E-state index contributed by atoms with van der Waals surface area (Å²) in [5.41, 5.74) is 12.0. The van der Waals surface area contributed by atoms with Gasteiger partial charge in [0.25, 0.3) is 0 Å². The highest BCUT2D eigenvalue weighted by atomic mass is 32.1. The number of hydrogen-bond acceptors (Lipinski definition) is 5. The molecule has 7 aromatic carbocycles. The zero-order chi connectivity index (χ0) is 38.0. The van der Waals surface area contributed by atoms with Gasteiger partial charge < -0.3 is 13.9 Å². The fraction of sp³-hybridized carbons (Fsp3) is 0.0588. The molecule has 5 nitrogen and oxygen atoms in total. The molecule has 0 spiro atoms. The Morgan fingerprint density at radius 1 is 0.667 bits per heavy atom. The normalized spacial score (nSPS) is 17.0. The van der Waals surface area contributed by atoms with Crippen LogP contribution in [0.4, 0.5) is 11.4 Å². The van der Waals surface area contributed by atoms with Crippen LogP contribution in [0.25, 0.3) is 76.7 Å². The molecule has 2 atom stereocenters. The molecule has 12 rings (SSSR count). The maximum atomic E-state index is 10.6. The zero-order valence-corrected chi connectivity index (χ0v) is 31.5. The molecule has 6 heteroatoms. The van der Waals surface area contributed by atoms with Gasteiger partial charge in [-0.25, -0.2) is 0 Å². The molecule has 0 amide bonds. The van der Waals surface area contributed by atoms with Crippen molar-refractivity contribution in [3.05, 3.63) is 179 Å². The highest BCUT2D eigenvalue weighted by molar-refractivity contribution is 7.20. The van der Waals surface area contributed by atoms with Crippen molar-refractivity contribution in [1.29, 1.82) is 10.5 Å². The van der Waals surface area contributed by atoms with E-state index in [0.29, 0.717) is 11.1 Å². The molecule has 266 valence electrons. The average Bonchev–Trinajstić information content (AvgIpc) is 3.99. The number of furan rings is 1. The summed E-state index contributed by atoms with van der Waals surface area (Å²) in [5.74, 6) is 0. The number of nitrogens with zero attached hydrogens (tertiary/aromatic N) is 4. The number of thiophene rings is 1. The van der Waals surface area contributed by atoms with Gasteiger partial charge in [0.1, 0.15) is 11.2 Å². The summed E-state index contributed by atoms with van der Waals surface area (Å²) in [5, 5.41) is 26.3. The molecule has 4 heterocycles. The molecule has 10 aromatic rings. The zero-order valence-electron chi connectivity index (χ0n) is 30.7. The Balaban J connectivity index is 1.08. The van der Waals surface area contributed by atoms with E-state index in [9.17, 15) is 10.5 Å². The Morgan fingerprint density at radius 2 is 1.44 bits per heavy atom. The van der Waals surface area contributed by atoms with E-state index in [1.807, 2.05) is 41.7 Å². The second-order valence-electron chi connectivity index (χ2n) is 15.2. The molecule has 1 aliphatic carbocycles. The highest BCUT2D eigenvalue weighted by Gasteiger charge is 2.52. The minimum absolute atomic E-state index is 0.0902. The standard InChI is InChI=1S/C51H30N4OS/c1-51-39-26-30(28-52)18-20-42(39)54(47(51)23-22-46-49(51)38-13-5-9-17-45(38)57-46)33-25-31(29-53)24-32(27-33)34-10-2-6-14-40(34)55-41-15-7-3-12-37(41)48-43(55)21-19-36-35-11-4-8-16-44(35)56-50(36)48/h2-27,47H,1H3. The average molecular weight is 747 g/mol. The van der Waals surface area contributed by atoms with Crippen LogP contribution in [-0.4, -0.2) is 10.6 Å². The van der Waals surface area contributed by atoms with Gasteiger partial charge in [-0.15, -0.1) is 11.3 Å². The lowest BCUT2D eigenvalue weighted by atomic mass is 9.69. The molecule has 57 heavy (non-hydrogen) atoms. The summed E-state index contributed by atoms with van der Waals surface area (Å²) in [4.78, 5) is 3.63. The number of aromatic nitrogens is 1. The van der Waals surface area contributed by atoms with Crippen LogP contribution in [0.1, 0.15) is 34.1 Å². The van der Waals surface area contributed by atoms with Crippen LogP contribution < -0.4 is 4.90 Å². The summed E-state index contributed by atoms with van der Waals surface area (Å²) in [6, 6.07) is 55.4. The van der Waals surface area contributed by atoms with E-state index in [4.69, 9.17) is 4.42 Å². The minimum Gasteiger partial charge on any atom is -0.455 e. The molecule has 0 radical (unpaired) electrons. The third kappa shape index (κ3) is 4.25. The van der Waals surface area contributed by atoms with Crippen molar-refractivity contribution in [3.63, 3.8) is 0 Å². The molecule has 0 bridgehead atoms. The summed E-state index contributed by atoms with van der Waals surface area (Å²) in [6.07, 6.45) is 4.58. The molecular weight excluding hydrogens is 717 g/mol. The van der Waals surface area contributed by atoms with Gasteiger partial charge in [0.2, 0.25) is 0 Å². The third-order valence-corrected chi connectivity index (χ3v) is 13.5. The van der Waals surface area contributed by atoms with E-state index >= 15 is 0 Å². The monoisotopic (exact) mass is 746 g/mol. The Labute approximate surface area is 331 Å². The second kappa shape index (κ2) is 11.6. The lowest BCUT2D eigenvalue weighted by molar-refractivity contribution is 0.536. The van der Waals surface area contributed by atoms with Crippen molar-refractivity contribution in [3.8, 4) is 29.0 Å². The predicted molar refractivity (Wildman–Crippen MR) is 233 cm³/mol. The first-order chi connectivity index (χ1) is 28.0. The highest BCUT2D eigenvalue weighted by Crippen LogP contribution is 2.58. The van der Waals surface area contributed by atoms with Crippen LogP contribution in [0.15, 0.2) is 156 Å². The van der Waals surface area contributed by atoms with Crippen molar-refractivity contribution >= 4 is 82.6 Å². The third-order valence-electron chi connectivity index (χ3n) is 12.3. The molecule has 0 saturated heterocycles. The van der Waals surface area contributed by atoms with Crippen LogP contribution >= 0.6 is 11.3 Å². The van der Waals surface area contributed by atoms with Crippen LogP contribution in [0.5, 0.6) is 0 Å². The molecule has 0 fully saturated rings. The molecule has 2 unspecified atom stereocenters. The van der Waals surface area contributed by atoms with E-state index in [0.717, 1.165) is 77.5 Å². The topological polar surface area (TPSA) is 68.9 Å². The Morgan fingerprint density at radius 3 is 2.32 bits per heavy atom. The molecule has 0 saturated carbocycles. The summed E-state index contributed by atoms with van der Waals surface area (Å²) in [6.45, 7) is 2.32. The van der Waals surface area contributed by atoms with E-state index in [2.05, 4.69) is 156 Å². The molecule has 3 aromatic heterocycles. The second-order valence-corrected chi connectivity index (χ2v) is 16.3. The van der Waals surface area contributed by atoms with Crippen LogP contribution in [0.3, 0.4) is 0 Å². The van der Waals surface area contributed by atoms with Crippen molar-refractivity contribution in [1.82, 2.24) is 4.57 Å². The maximum absolute atomic E-state index is 10.6. The first-order valence-corrected chi connectivity index (χ1v) is 19.9. The summed E-state index contributed by atoms with van der Waals surface area (Å²) >= 11 is 1.82. The van der Waals surface area contributed by atoms with Gasteiger partial charge >= 0.3 is 0 Å². The minimum atomic E-state index is -0.447. The molecule has 1 aliphatic heterocycles. The van der Waals surface area contributed by atoms with E-state index < -0.39 is 5.41 Å². The van der Waals surface area contributed by atoms with Gasteiger partial charge in [0.05, 0.1) is 51.4 Å². The van der Waals surface area contributed by atoms with Crippen molar-refractivity contribution in [2.24, 2.45) is 0 Å². The molecule has 2 aliphatic rings. The van der Waals surface area contributed by atoms with Gasteiger partial charge in [-0.3, -0.25) is 0 Å². The predicted octanol–water partition coefficient (Wildman–Crippen LogP) is 13.2. The van der Waals surface area contributed by atoms with Crippen molar-refractivity contribution < 1.29 is 4.42 Å². The molecule has 0 N–H and O–H groups in total. The fourth-order valence-electron chi connectivity index (χ4n) is 9.93. The number of anilines is 2. The summed E-state index contributed by atoms with van der Waals surface area (Å²) < 4.78 is 10.2. The van der Waals surface area contributed by atoms with Crippen LogP contribution in [0.2, 0.25) is 0 Å². The fourth-order valence-corrected chi connectivity index (χ4v) is 11.2. The van der Waals surface area contributed by atoms with Gasteiger partial charge in [0, 0.05) is 48.1 Å². The van der Waals surface area contributed by atoms with Gasteiger partial charge in [-0.05, 0) is 108 Å². The Bertz CT molecular complexity index is 3490. The van der Waals surface area contributed by atoms with Crippen molar-refractivity contribution in [2.75, 3.05) is 4.90 Å². The quantitative estimate of drug-likeness (QED) is 0.180. The Hall–Kier alpha value is -7.38. The van der Waals surface area contributed by atoms with E-state index in [1.54, 1.807) is 0 Å². The number of hydrogen-bond donors (Lipinski definition) is 0. The SMILES string of the molecule is CC12c3cc(C#N)ccc3N(c3cc(C#N)cc(-c4ccccc4-n4c5ccccc5c5c6oc7ccccc7c6ccc54)c3)C1C=Cc1sc3ccccc3c12. The number of benzene rings is 7. The van der Waals surface area contributed by atoms with E-state index in [-0.39, 0.29) is 6.04 Å². The van der Waals surface area contributed by atoms with E-state index in [1.165, 1.54) is 20.5 Å². The number of fused-ring (bicyclic) bond motifs is 14. The lowest BCUT2D eigenvalue weighted by Crippen LogP contribution is -2.42. The number of nitriles is 2. The Kier molecular flexibility index (Phi) is 6.48.